The van der Waals surface area contributed by atoms with Gasteiger partial charge in [-0.1, -0.05) is 11.6 Å². The summed E-state index contributed by atoms with van der Waals surface area (Å²) in [6.07, 6.45) is 4.29. The van der Waals surface area contributed by atoms with Crippen LogP contribution < -0.4 is 17.7 Å². The SMILES string of the molecule is Clc1ccc(SC2CC[NH2+]CC2)nc1.[Cl-]. The van der Waals surface area contributed by atoms with Crippen LogP contribution in [0.3, 0.4) is 0 Å². The summed E-state index contributed by atoms with van der Waals surface area (Å²) in [6.45, 7) is 2.51. The van der Waals surface area contributed by atoms with Gasteiger partial charge in [0.25, 0.3) is 0 Å². The molecular formula is C10H14Cl2N2S. The molecule has 1 fully saturated rings. The minimum Gasteiger partial charge on any atom is -1.00 e. The summed E-state index contributed by atoms with van der Waals surface area (Å²) in [6, 6.07) is 3.91. The van der Waals surface area contributed by atoms with Gasteiger partial charge < -0.3 is 17.7 Å². The topological polar surface area (TPSA) is 29.5 Å². The molecule has 0 saturated carbocycles. The molecule has 2 rings (SSSR count). The molecule has 0 amide bonds. The highest BCUT2D eigenvalue weighted by Gasteiger charge is 2.16. The Labute approximate surface area is 106 Å². The summed E-state index contributed by atoms with van der Waals surface area (Å²) in [5.74, 6) is 0. The van der Waals surface area contributed by atoms with Crippen molar-refractivity contribution < 1.29 is 17.7 Å². The van der Waals surface area contributed by atoms with Gasteiger partial charge in [-0.15, -0.1) is 11.8 Å². The van der Waals surface area contributed by atoms with Crippen molar-refractivity contribution in [1.82, 2.24) is 4.98 Å². The van der Waals surface area contributed by atoms with Crippen LogP contribution in [0.25, 0.3) is 0 Å². The van der Waals surface area contributed by atoms with Crippen LogP contribution in [-0.2, 0) is 0 Å². The number of hydrogen-bond acceptors (Lipinski definition) is 2. The quantitative estimate of drug-likeness (QED) is 0.709. The number of pyridine rings is 1. The second-order valence-corrected chi connectivity index (χ2v) is 5.25. The first-order chi connectivity index (χ1) is 6.84. The van der Waals surface area contributed by atoms with E-state index < -0.39 is 0 Å². The van der Waals surface area contributed by atoms with Crippen LogP contribution in [0.1, 0.15) is 12.8 Å². The molecule has 15 heavy (non-hydrogen) atoms. The molecular weight excluding hydrogens is 251 g/mol. The highest BCUT2D eigenvalue weighted by atomic mass is 35.5. The number of nitrogens with two attached hydrogens (primary N) is 1. The van der Waals surface area contributed by atoms with Crippen molar-refractivity contribution in [3.8, 4) is 0 Å². The largest absolute Gasteiger partial charge is 1.00 e. The van der Waals surface area contributed by atoms with Crippen LogP contribution in [-0.4, -0.2) is 23.3 Å². The van der Waals surface area contributed by atoms with Gasteiger partial charge in [0.2, 0.25) is 0 Å². The van der Waals surface area contributed by atoms with E-state index in [1.54, 1.807) is 6.20 Å². The second kappa shape index (κ2) is 6.59. The number of quaternary nitrogens is 1. The molecule has 2 nitrogen and oxygen atoms in total. The number of hydrogen-bond donors (Lipinski definition) is 1. The lowest BCUT2D eigenvalue weighted by Gasteiger charge is -2.18. The highest BCUT2D eigenvalue weighted by Crippen LogP contribution is 2.26. The van der Waals surface area contributed by atoms with Crippen LogP contribution in [0, 0.1) is 0 Å². The molecule has 1 aliphatic rings. The third kappa shape index (κ3) is 4.19. The van der Waals surface area contributed by atoms with Gasteiger partial charge in [-0.25, -0.2) is 4.98 Å². The fourth-order valence-electron chi connectivity index (χ4n) is 1.62. The number of halogens is 2. The first-order valence-electron chi connectivity index (χ1n) is 4.94. The van der Waals surface area contributed by atoms with Crippen molar-refractivity contribution in [2.45, 2.75) is 23.1 Å². The van der Waals surface area contributed by atoms with E-state index in [1.807, 2.05) is 23.9 Å². The monoisotopic (exact) mass is 264 g/mol. The van der Waals surface area contributed by atoms with Crippen LogP contribution in [0.5, 0.6) is 0 Å². The highest BCUT2D eigenvalue weighted by molar-refractivity contribution is 7.99. The van der Waals surface area contributed by atoms with E-state index in [4.69, 9.17) is 11.6 Å². The Balaban J connectivity index is 0.00000112. The fourth-order valence-corrected chi connectivity index (χ4v) is 2.84. The van der Waals surface area contributed by atoms with Crippen molar-refractivity contribution in [1.29, 1.82) is 0 Å². The van der Waals surface area contributed by atoms with Gasteiger partial charge in [0.05, 0.1) is 23.1 Å². The third-order valence-corrected chi connectivity index (χ3v) is 3.88. The van der Waals surface area contributed by atoms with E-state index >= 15 is 0 Å². The maximum Gasteiger partial charge on any atom is 0.0963 e. The van der Waals surface area contributed by atoms with Crippen LogP contribution in [0.15, 0.2) is 23.4 Å². The number of nitrogens with zero attached hydrogens (tertiary/aromatic N) is 1. The van der Waals surface area contributed by atoms with E-state index in [2.05, 4.69) is 10.3 Å². The molecule has 1 aliphatic heterocycles. The molecule has 1 aromatic rings. The fraction of sp³-hybridized carbons (Fsp3) is 0.500. The zero-order chi connectivity index (χ0) is 9.80. The van der Waals surface area contributed by atoms with E-state index in [1.165, 1.54) is 25.9 Å². The Morgan fingerprint density at radius 1 is 1.33 bits per heavy atom. The Hall–Kier alpha value is 0.0400. The summed E-state index contributed by atoms with van der Waals surface area (Å²) < 4.78 is 0. The molecule has 2 heterocycles. The van der Waals surface area contributed by atoms with Gasteiger partial charge in [0.15, 0.2) is 0 Å². The normalized spacial score (nSPS) is 17.1. The maximum absolute atomic E-state index is 5.78. The Bertz CT molecular complexity index is 286. The number of thioether (sulfide) groups is 1. The Morgan fingerprint density at radius 2 is 2.07 bits per heavy atom. The molecule has 0 atom stereocenters. The smallest absolute Gasteiger partial charge is 0.0963 e. The summed E-state index contributed by atoms with van der Waals surface area (Å²) in [5.41, 5.74) is 0. The molecule has 2 N–H and O–H groups in total. The molecule has 84 valence electrons. The van der Waals surface area contributed by atoms with Gasteiger partial charge in [-0.2, -0.15) is 0 Å². The molecule has 5 heteroatoms. The standard InChI is InChI=1S/C10H13ClN2S.ClH/c11-8-1-2-10(13-7-8)14-9-3-5-12-6-4-9;/h1-2,7,9,12H,3-6H2;1H. The van der Waals surface area contributed by atoms with Crippen molar-refractivity contribution in [3.05, 3.63) is 23.4 Å². The lowest BCUT2D eigenvalue weighted by molar-refractivity contribution is -0.661. The van der Waals surface area contributed by atoms with Crippen LogP contribution in [0.4, 0.5) is 0 Å². The predicted octanol–water partition coefficient (Wildman–Crippen LogP) is -1.44. The first-order valence-corrected chi connectivity index (χ1v) is 6.20. The summed E-state index contributed by atoms with van der Waals surface area (Å²) in [4.78, 5) is 4.29. The lowest BCUT2D eigenvalue weighted by atomic mass is 10.2. The molecule has 0 aromatic carbocycles. The van der Waals surface area contributed by atoms with E-state index in [0.717, 1.165) is 10.3 Å². The average Bonchev–Trinajstić information content (AvgIpc) is 2.23. The van der Waals surface area contributed by atoms with E-state index in [9.17, 15) is 0 Å². The average molecular weight is 265 g/mol. The number of piperidine rings is 1. The number of rotatable bonds is 2. The molecule has 1 aromatic heterocycles. The third-order valence-electron chi connectivity index (χ3n) is 2.37. The van der Waals surface area contributed by atoms with Gasteiger partial charge in [0, 0.05) is 24.3 Å². The van der Waals surface area contributed by atoms with Gasteiger partial charge in [0.1, 0.15) is 0 Å². The summed E-state index contributed by atoms with van der Waals surface area (Å²) in [5, 5.41) is 4.94. The van der Waals surface area contributed by atoms with Gasteiger partial charge in [-0.3, -0.25) is 0 Å². The predicted molar refractivity (Wildman–Crippen MR) is 59.8 cm³/mol. The molecule has 0 aliphatic carbocycles. The zero-order valence-corrected chi connectivity index (χ0v) is 10.7. The molecule has 0 bridgehead atoms. The zero-order valence-electron chi connectivity index (χ0n) is 8.33. The van der Waals surface area contributed by atoms with Crippen molar-refractivity contribution >= 4 is 23.4 Å². The van der Waals surface area contributed by atoms with Crippen molar-refractivity contribution in [3.63, 3.8) is 0 Å². The van der Waals surface area contributed by atoms with Crippen LogP contribution in [0.2, 0.25) is 5.02 Å². The van der Waals surface area contributed by atoms with Crippen molar-refractivity contribution in [2.75, 3.05) is 13.1 Å². The van der Waals surface area contributed by atoms with E-state index in [0.29, 0.717) is 5.02 Å². The molecule has 0 unspecified atom stereocenters. The lowest BCUT2D eigenvalue weighted by Crippen LogP contribution is -3.00. The van der Waals surface area contributed by atoms with Gasteiger partial charge >= 0.3 is 0 Å². The molecule has 0 radical (unpaired) electrons. The minimum absolute atomic E-state index is 0. The van der Waals surface area contributed by atoms with E-state index in [-0.39, 0.29) is 12.4 Å². The molecule has 1 saturated heterocycles. The Kier molecular flexibility index (Phi) is 5.75. The maximum atomic E-state index is 5.78. The van der Waals surface area contributed by atoms with Crippen molar-refractivity contribution in [2.24, 2.45) is 0 Å². The Morgan fingerprint density at radius 3 is 2.67 bits per heavy atom. The van der Waals surface area contributed by atoms with Gasteiger partial charge in [-0.05, 0) is 12.1 Å². The first kappa shape index (κ1) is 13.1. The minimum atomic E-state index is 0. The number of aromatic nitrogens is 1. The summed E-state index contributed by atoms with van der Waals surface area (Å²) >= 11 is 7.66. The molecule has 0 spiro atoms. The second-order valence-electron chi connectivity index (χ2n) is 3.50. The van der Waals surface area contributed by atoms with Crippen LogP contribution >= 0.6 is 23.4 Å². The summed E-state index contributed by atoms with van der Waals surface area (Å²) in [7, 11) is 0.